The van der Waals surface area contributed by atoms with Gasteiger partial charge in [0.15, 0.2) is 0 Å². The molecule has 1 aliphatic rings. The molecule has 5 rings (SSSR count). The van der Waals surface area contributed by atoms with Crippen molar-refractivity contribution in [3.05, 3.63) is 100 Å². The monoisotopic (exact) mass is 555 g/mol. The number of ether oxygens (including phenoxy) is 1. The van der Waals surface area contributed by atoms with Gasteiger partial charge in [0.05, 0.1) is 11.3 Å². The van der Waals surface area contributed by atoms with E-state index in [1.807, 2.05) is 74.5 Å². The first-order chi connectivity index (χ1) is 19.3. The number of piperidine rings is 1. The number of aryl methyl sites for hydroxylation is 2. The highest BCUT2D eigenvalue weighted by molar-refractivity contribution is 7.17. The maximum absolute atomic E-state index is 12.6. The molecule has 0 saturated carbocycles. The lowest BCUT2D eigenvalue weighted by atomic mass is 9.84. The van der Waals surface area contributed by atoms with E-state index in [-0.39, 0.29) is 12.5 Å². The lowest BCUT2D eigenvalue weighted by Crippen LogP contribution is -2.43. The summed E-state index contributed by atoms with van der Waals surface area (Å²) in [4.78, 5) is 15.0. The SMILES string of the molecule is Cc1cc(C)cc(NC(=O)OCC(=N)C(CCN2CCC(O)(c3ccccc3)CC2)c2csc3ccccc23)c1. The summed E-state index contributed by atoms with van der Waals surface area (Å²) < 4.78 is 6.72. The summed E-state index contributed by atoms with van der Waals surface area (Å²) in [6.07, 6.45) is 1.55. The van der Waals surface area contributed by atoms with Crippen LogP contribution in [-0.2, 0) is 10.3 Å². The molecule has 3 aromatic carbocycles. The molecule has 1 aromatic heterocycles. The first kappa shape index (κ1) is 28.0. The van der Waals surface area contributed by atoms with Gasteiger partial charge < -0.3 is 20.2 Å². The minimum absolute atomic E-state index is 0.0702. The zero-order valence-electron chi connectivity index (χ0n) is 23.2. The van der Waals surface area contributed by atoms with Gasteiger partial charge >= 0.3 is 6.09 Å². The van der Waals surface area contributed by atoms with Crippen molar-refractivity contribution in [2.75, 3.05) is 31.6 Å². The van der Waals surface area contributed by atoms with E-state index in [9.17, 15) is 9.90 Å². The van der Waals surface area contributed by atoms with Gasteiger partial charge in [0.25, 0.3) is 0 Å². The zero-order valence-corrected chi connectivity index (χ0v) is 24.0. The fourth-order valence-corrected chi connectivity index (χ4v) is 6.74. The number of amides is 1. The van der Waals surface area contributed by atoms with Crippen LogP contribution in [0.25, 0.3) is 10.1 Å². The summed E-state index contributed by atoms with van der Waals surface area (Å²) >= 11 is 1.68. The van der Waals surface area contributed by atoms with E-state index in [1.165, 1.54) is 4.70 Å². The molecule has 3 N–H and O–H groups in total. The first-order valence-electron chi connectivity index (χ1n) is 13.9. The standard InChI is InChI=1S/C33H37N3O3S/c1-23-18-24(2)20-26(19-23)35-32(37)39-21-30(34)27(29-22-40-31-11-7-6-10-28(29)31)12-15-36-16-13-33(38,14-17-36)25-8-4-3-5-9-25/h3-11,18-20,22,27,34,38H,12-17,21H2,1-2H3,(H,35,37). The fourth-order valence-electron chi connectivity index (χ4n) is 5.73. The number of aliphatic hydroxyl groups is 1. The minimum Gasteiger partial charge on any atom is -0.443 e. The van der Waals surface area contributed by atoms with Crippen LogP contribution < -0.4 is 5.32 Å². The molecule has 1 unspecified atom stereocenters. The predicted molar refractivity (Wildman–Crippen MR) is 164 cm³/mol. The van der Waals surface area contributed by atoms with Gasteiger partial charge in [-0.05, 0) is 90.9 Å². The van der Waals surface area contributed by atoms with Crippen LogP contribution in [0.3, 0.4) is 0 Å². The highest BCUT2D eigenvalue weighted by Gasteiger charge is 2.34. The van der Waals surface area contributed by atoms with Crippen molar-refractivity contribution in [1.29, 1.82) is 5.41 Å². The van der Waals surface area contributed by atoms with E-state index in [0.717, 1.165) is 53.7 Å². The summed E-state index contributed by atoms with van der Waals surface area (Å²) in [5.41, 5.74) is 4.51. The Morgan fingerprint density at radius 1 is 1.05 bits per heavy atom. The molecule has 40 heavy (non-hydrogen) atoms. The quantitative estimate of drug-likeness (QED) is 0.190. The maximum atomic E-state index is 12.6. The number of thiophene rings is 1. The van der Waals surface area contributed by atoms with E-state index in [0.29, 0.717) is 24.2 Å². The van der Waals surface area contributed by atoms with Gasteiger partial charge in [0.1, 0.15) is 6.61 Å². The van der Waals surface area contributed by atoms with E-state index in [2.05, 4.69) is 27.7 Å². The lowest BCUT2D eigenvalue weighted by molar-refractivity contribution is -0.0260. The second-order valence-corrected chi connectivity index (χ2v) is 11.8. The van der Waals surface area contributed by atoms with Crippen molar-refractivity contribution in [3.8, 4) is 0 Å². The lowest BCUT2D eigenvalue weighted by Gasteiger charge is -2.39. The molecule has 7 heteroatoms. The fraction of sp³-hybridized carbons (Fsp3) is 0.333. The normalized spacial score (nSPS) is 16.0. The van der Waals surface area contributed by atoms with Crippen LogP contribution in [0.15, 0.2) is 78.2 Å². The van der Waals surface area contributed by atoms with Crippen molar-refractivity contribution in [3.63, 3.8) is 0 Å². The highest BCUT2D eigenvalue weighted by atomic mass is 32.1. The molecule has 1 saturated heterocycles. The molecule has 6 nitrogen and oxygen atoms in total. The van der Waals surface area contributed by atoms with Gasteiger partial charge in [0, 0.05) is 29.4 Å². The number of likely N-dealkylation sites (tertiary alicyclic amines) is 1. The van der Waals surface area contributed by atoms with Gasteiger partial charge in [-0.1, -0.05) is 54.6 Å². The zero-order chi connectivity index (χ0) is 28.1. The van der Waals surface area contributed by atoms with Crippen LogP contribution in [0.1, 0.15) is 47.4 Å². The Morgan fingerprint density at radius 3 is 2.45 bits per heavy atom. The van der Waals surface area contributed by atoms with Gasteiger partial charge in [-0.2, -0.15) is 0 Å². The van der Waals surface area contributed by atoms with E-state index in [1.54, 1.807) is 11.3 Å². The molecule has 4 aromatic rings. The van der Waals surface area contributed by atoms with E-state index in [4.69, 9.17) is 10.1 Å². The van der Waals surface area contributed by atoms with Gasteiger partial charge in [-0.25, -0.2) is 4.79 Å². The van der Waals surface area contributed by atoms with Crippen LogP contribution in [0.4, 0.5) is 10.5 Å². The van der Waals surface area contributed by atoms with Crippen molar-refractivity contribution >= 4 is 38.9 Å². The number of carbonyl (C=O) groups is 1. The van der Waals surface area contributed by atoms with E-state index < -0.39 is 11.7 Å². The largest absolute Gasteiger partial charge is 0.443 e. The Bertz CT molecular complexity index is 1450. The second kappa shape index (κ2) is 12.3. The van der Waals surface area contributed by atoms with Crippen molar-refractivity contribution < 1.29 is 14.6 Å². The molecule has 0 aliphatic carbocycles. The molecule has 208 valence electrons. The van der Waals surface area contributed by atoms with Crippen molar-refractivity contribution in [2.24, 2.45) is 0 Å². The molecule has 1 atom stereocenters. The van der Waals surface area contributed by atoms with Gasteiger partial charge in [-0.15, -0.1) is 11.3 Å². The smallest absolute Gasteiger partial charge is 0.411 e. The third-order valence-electron chi connectivity index (χ3n) is 7.86. The molecule has 1 amide bonds. The number of rotatable bonds is 9. The Labute approximate surface area is 240 Å². The average Bonchev–Trinajstić information content (AvgIpc) is 3.37. The number of carbonyl (C=O) groups excluding carboxylic acids is 1. The molecule has 1 fully saturated rings. The summed E-state index contributed by atoms with van der Waals surface area (Å²) in [5, 5.41) is 26.3. The van der Waals surface area contributed by atoms with Crippen LogP contribution >= 0.6 is 11.3 Å². The number of anilines is 1. The molecule has 0 spiro atoms. The third-order valence-corrected chi connectivity index (χ3v) is 8.84. The molecule has 0 bridgehead atoms. The summed E-state index contributed by atoms with van der Waals surface area (Å²) in [6.45, 7) is 6.30. The molecular weight excluding hydrogens is 518 g/mol. The molecule has 2 heterocycles. The van der Waals surface area contributed by atoms with E-state index >= 15 is 0 Å². The number of fused-ring (bicyclic) bond motifs is 1. The predicted octanol–water partition coefficient (Wildman–Crippen LogP) is 7.24. The minimum atomic E-state index is -0.787. The number of nitrogens with one attached hydrogen (secondary N) is 2. The number of nitrogens with zero attached hydrogens (tertiary/aromatic N) is 1. The summed E-state index contributed by atoms with van der Waals surface area (Å²) in [7, 11) is 0. The Morgan fingerprint density at radius 2 is 1.73 bits per heavy atom. The van der Waals surface area contributed by atoms with Crippen LogP contribution in [-0.4, -0.2) is 48.1 Å². The van der Waals surface area contributed by atoms with Gasteiger partial charge in [0.2, 0.25) is 0 Å². The topological polar surface area (TPSA) is 85.7 Å². The van der Waals surface area contributed by atoms with Crippen molar-refractivity contribution in [1.82, 2.24) is 4.90 Å². The highest BCUT2D eigenvalue weighted by Crippen LogP contribution is 2.36. The van der Waals surface area contributed by atoms with Crippen LogP contribution in [0.5, 0.6) is 0 Å². The summed E-state index contributed by atoms with van der Waals surface area (Å²) in [6, 6.07) is 24.1. The Hall–Kier alpha value is -3.52. The number of benzene rings is 3. The Kier molecular flexibility index (Phi) is 8.64. The van der Waals surface area contributed by atoms with Crippen LogP contribution in [0.2, 0.25) is 0 Å². The van der Waals surface area contributed by atoms with Crippen LogP contribution in [0, 0.1) is 19.3 Å². The average molecular weight is 556 g/mol. The molecule has 0 radical (unpaired) electrons. The Balaban J connectivity index is 1.24. The maximum Gasteiger partial charge on any atom is 0.411 e. The number of hydrogen-bond acceptors (Lipinski definition) is 6. The second-order valence-electron chi connectivity index (χ2n) is 10.9. The van der Waals surface area contributed by atoms with Gasteiger partial charge in [-0.3, -0.25) is 5.32 Å². The molecule has 1 aliphatic heterocycles. The summed E-state index contributed by atoms with van der Waals surface area (Å²) in [5.74, 6) is -0.167. The van der Waals surface area contributed by atoms with Crippen molar-refractivity contribution in [2.45, 2.75) is 44.6 Å². The third kappa shape index (κ3) is 6.61. The number of hydrogen-bond donors (Lipinski definition) is 3. The molecular formula is C33H37N3O3S. The first-order valence-corrected chi connectivity index (χ1v) is 14.7.